The van der Waals surface area contributed by atoms with E-state index in [0.29, 0.717) is 6.54 Å². The van der Waals surface area contributed by atoms with Crippen LogP contribution >= 0.6 is 0 Å². The maximum absolute atomic E-state index is 11.5. The van der Waals surface area contributed by atoms with Crippen molar-refractivity contribution in [1.29, 1.82) is 0 Å². The van der Waals surface area contributed by atoms with Crippen molar-refractivity contribution in [3.63, 3.8) is 0 Å². The number of amides is 1. The summed E-state index contributed by atoms with van der Waals surface area (Å²) < 4.78 is 4.44. The number of nitrogens with one attached hydrogen (secondary N) is 1. The maximum atomic E-state index is 11.5. The number of hydrogen-bond donors (Lipinski definition) is 1. The average Bonchev–Trinajstić information content (AvgIpc) is 2.45. The third-order valence-corrected chi connectivity index (χ3v) is 2.22. The molecule has 0 aromatic heterocycles. The van der Waals surface area contributed by atoms with Gasteiger partial charge in [-0.25, -0.2) is 0 Å². The Labute approximate surface area is 83.4 Å². The molecule has 80 valence electrons. The molecule has 5 nitrogen and oxygen atoms in total. The van der Waals surface area contributed by atoms with Crippen LogP contribution < -0.4 is 5.32 Å². The van der Waals surface area contributed by atoms with Gasteiger partial charge in [0.15, 0.2) is 0 Å². The Kier molecular flexibility index (Phi) is 4.39. The second-order valence-electron chi connectivity index (χ2n) is 3.24. The molecule has 1 aliphatic heterocycles. The molecular formula is C9H16N2O3. The van der Waals surface area contributed by atoms with Crippen molar-refractivity contribution in [2.75, 3.05) is 33.3 Å². The van der Waals surface area contributed by atoms with Gasteiger partial charge in [0.05, 0.1) is 7.11 Å². The van der Waals surface area contributed by atoms with E-state index in [4.69, 9.17) is 0 Å². The molecule has 0 radical (unpaired) electrons. The second-order valence-corrected chi connectivity index (χ2v) is 3.24. The molecule has 0 aromatic carbocycles. The summed E-state index contributed by atoms with van der Waals surface area (Å²) in [5, 5.41) is 3.19. The summed E-state index contributed by atoms with van der Waals surface area (Å²) in [4.78, 5) is 24.1. The van der Waals surface area contributed by atoms with Gasteiger partial charge in [0.1, 0.15) is 6.42 Å². The smallest absolute Gasteiger partial charge is 0.315 e. The van der Waals surface area contributed by atoms with Crippen LogP contribution in [0, 0.1) is 0 Å². The predicted octanol–water partition coefficient (Wildman–Crippen LogP) is -0.629. The molecule has 1 amide bonds. The number of nitrogens with zero attached hydrogens (tertiary/aromatic N) is 1. The zero-order valence-electron chi connectivity index (χ0n) is 8.41. The van der Waals surface area contributed by atoms with Crippen molar-refractivity contribution in [3.05, 3.63) is 0 Å². The van der Waals surface area contributed by atoms with Gasteiger partial charge >= 0.3 is 5.97 Å². The number of hydrogen-bond acceptors (Lipinski definition) is 4. The predicted molar refractivity (Wildman–Crippen MR) is 50.7 cm³/mol. The Morgan fingerprint density at radius 2 is 2.14 bits per heavy atom. The summed E-state index contributed by atoms with van der Waals surface area (Å²) in [6, 6.07) is 0. The molecule has 0 unspecified atom stereocenters. The molecule has 1 rings (SSSR count). The Morgan fingerprint density at radius 3 is 2.86 bits per heavy atom. The highest BCUT2D eigenvalue weighted by atomic mass is 16.5. The van der Waals surface area contributed by atoms with Crippen molar-refractivity contribution in [1.82, 2.24) is 10.2 Å². The first-order chi connectivity index (χ1) is 6.74. The first kappa shape index (κ1) is 11.0. The number of carbonyl (C=O) groups is 2. The van der Waals surface area contributed by atoms with E-state index in [2.05, 4.69) is 10.1 Å². The van der Waals surface area contributed by atoms with Crippen molar-refractivity contribution in [2.45, 2.75) is 12.8 Å². The zero-order chi connectivity index (χ0) is 10.4. The van der Waals surface area contributed by atoms with Crippen LogP contribution in [0.2, 0.25) is 0 Å². The summed E-state index contributed by atoms with van der Waals surface area (Å²) in [6.07, 6.45) is 0.795. The lowest BCUT2D eigenvalue weighted by molar-refractivity contribution is -0.146. The summed E-state index contributed by atoms with van der Waals surface area (Å²) in [6.45, 7) is 3.13. The zero-order valence-corrected chi connectivity index (χ0v) is 8.41. The van der Waals surface area contributed by atoms with Gasteiger partial charge < -0.3 is 15.0 Å². The molecule has 14 heavy (non-hydrogen) atoms. The van der Waals surface area contributed by atoms with Crippen LogP contribution in [0.25, 0.3) is 0 Å². The van der Waals surface area contributed by atoms with Gasteiger partial charge in [-0.2, -0.15) is 0 Å². The Morgan fingerprint density at radius 1 is 1.36 bits per heavy atom. The van der Waals surface area contributed by atoms with Crippen LogP contribution in [0.5, 0.6) is 0 Å². The fraction of sp³-hybridized carbons (Fsp3) is 0.778. The lowest BCUT2D eigenvalue weighted by Crippen LogP contribution is -2.35. The molecule has 0 saturated carbocycles. The van der Waals surface area contributed by atoms with Crippen molar-refractivity contribution >= 4 is 11.9 Å². The third kappa shape index (κ3) is 3.33. The monoisotopic (exact) mass is 200 g/mol. The van der Waals surface area contributed by atoms with E-state index in [9.17, 15) is 9.59 Å². The van der Waals surface area contributed by atoms with Gasteiger partial charge in [-0.1, -0.05) is 0 Å². The molecule has 0 aromatic rings. The van der Waals surface area contributed by atoms with Crippen molar-refractivity contribution in [3.8, 4) is 0 Å². The number of rotatable bonds is 2. The van der Waals surface area contributed by atoms with E-state index < -0.39 is 5.97 Å². The largest absolute Gasteiger partial charge is 0.469 e. The van der Waals surface area contributed by atoms with Crippen LogP contribution in [0.1, 0.15) is 12.8 Å². The number of ether oxygens (including phenoxy) is 1. The lowest BCUT2D eigenvalue weighted by atomic mass is 10.3. The minimum absolute atomic E-state index is 0.138. The third-order valence-electron chi connectivity index (χ3n) is 2.22. The van der Waals surface area contributed by atoms with Crippen LogP contribution in [-0.2, 0) is 14.3 Å². The molecule has 1 aliphatic rings. The van der Waals surface area contributed by atoms with Crippen molar-refractivity contribution < 1.29 is 14.3 Å². The van der Waals surface area contributed by atoms with Crippen LogP contribution in [0.15, 0.2) is 0 Å². The van der Waals surface area contributed by atoms with E-state index in [-0.39, 0.29) is 12.3 Å². The van der Waals surface area contributed by atoms with E-state index in [1.54, 1.807) is 4.90 Å². The topological polar surface area (TPSA) is 58.6 Å². The number of methoxy groups -OCH3 is 1. The maximum Gasteiger partial charge on any atom is 0.315 e. The Balaban J connectivity index is 2.38. The summed E-state index contributed by atoms with van der Waals surface area (Å²) in [7, 11) is 1.29. The molecule has 1 fully saturated rings. The molecule has 1 saturated heterocycles. The first-order valence-corrected chi connectivity index (χ1v) is 4.79. The fourth-order valence-corrected chi connectivity index (χ4v) is 1.40. The normalized spacial score (nSPS) is 17.4. The SMILES string of the molecule is COC(=O)CC(=O)N1CCCNCC1. The van der Waals surface area contributed by atoms with Crippen molar-refractivity contribution in [2.24, 2.45) is 0 Å². The minimum atomic E-state index is -0.466. The average molecular weight is 200 g/mol. The molecule has 1 heterocycles. The fourth-order valence-electron chi connectivity index (χ4n) is 1.40. The van der Waals surface area contributed by atoms with Gasteiger partial charge in [0.2, 0.25) is 5.91 Å². The van der Waals surface area contributed by atoms with Crippen LogP contribution in [0.4, 0.5) is 0 Å². The highest BCUT2D eigenvalue weighted by Gasteiger charge is 2.18. The Hall–Kier alpha value is -1.10. The summed E-state index contributed by atoms with van der Waals surface area (Å²) in [5.41, 5.74) is 0. The Bertz CT molecular complexity index is 210. The van der Waals surface area contributed by atoms with E-state index in [1.165, 1.54) is 7.11 Å². The highest BCUT2D eigenvalue weighted by molar-refractivity contribution is 5.94. The van der Waals surface area contributed by atoms with E-state index in [1.807, 2.05) is 0 Å². The quantitative estimate of drug-likeness (QED) is 0.476. The molecule has 5 heteroatoms. The summed E-state index contributed by atoms with van der Waals surface area (Å²) in [5.74, 6) is -0.604. The molecule has 0 bridgehead atoms. The minimum Gasteiger partial charge on any atom is -0.469 e. The highest BCUT2D eigenvalue weighted by Crippen LogP contribution is 1.99. The molecule has 0 aliphatic carbocycles. The van der Waals surface area contributed by atoms with E-state index >= 15 is 0 Å². The number of carbonyl (C=O) groups excluding carboxylic acids is 2. The van der Waals surface area contributed by atoms with Gasteiger partial charge in [-0.15, -0.1) is 0 Å². The first-order valence-electron chi connectivity index (χ1n) is 4.79. The standard InChI is InChI=1S/C9H16N2O3/c1-14-9(13)7-8(12)11-5-2-3-10-4-6-11/h10H,2-7H2,1H3. The van der Waals surface area contributed by atoms with E-state index in [0.717, 1.165) is 26.1 Å². The van der Waals surface area contributed by atoms with Crippen LogP contribution in [0.3, 0.4) is 0 Å². The second kappa shape index (κ2) is 5.59. The van der Waals surface area contributed by atoms with Gasteiger partial charge in [0, 0.05) is 19.6 Å². The molecule has 0 atom stereocenters. The molecular weight excluding hydrogens is 184 g/mol. The summed E-state index contributed by atoms with van der Waals surface area (Å²) >= 11 is 0. The molecule has 0 spiro atoms. The van der Waals surface area contributed by atoms with Gasteiger partial charge in [0.25, 0.3) is 0 Å². The van der Waals surface area contributed by atoms with Gasteiger partial charge in [-0.05, 0) is 13.0 Å². The lowest BCUT2D eigenvalue weighted by Gasteiger charge is -2.18. The number of esters is 1. The van der Waals surface area contributed by atoms with Crippen LogP contribution in [-0.4, -0.2) is 50.1 Å². The molecule has 1 N–H and O–H groups in total. The van der Waals surface area contributed by atoms with Gasteiger partial charge in [-0.3, -0.25) is 9.59 Å².